The molecule has 0 bridgehead atoms. The summed E-state index contributed by atoms with van der Waals surface area (Å²) in [5, 5.41) is 0.637. The molecule has 1 atom stereocenters. The maximum Gasteiger partial charge on any atom is 0.179 e. The Morgan fingerprint density at radius 3 is 2.95 bits per heavy atom. The van der Waals surface area contributed by atoms with Crippen LogP contribution in [0.25, 0.3) is 0 Å². The van der Waals surface area contributed by atoms with Crippen molar-refractivity contribution < 1.29 is 9.47 Å². The molecule has 0 amide bonds. The number of likely N-dealkylation sites (tertiary alicyclic amines) is 1. The topological polar surface area (TPSA) is 47.7 Å². The molecule has 0 aliphatic carbocycles. The lowest BCUT2D eigenvalue weighted by atomic mass is 10.2. The standard InChI is InChI=1S/C14H19ClN2O2/c15-12-6-10(8-17-3-2-11(16)9-17)7-13-14(12)19-5-1-4-18-13/h6-7,11H,1-5,8-9,16H2/t11-/m1/s1. The van der Waals surface area contributed by atoms with Gasteiger partial charge in [0.25, 0.3) is 0 Å². The Bertz CT molecular complexity index is 467. The van der Waals surface area contributed by atoms with Gasteiger partial charge in [-0.25, -0.2) is 0 Å². The Labute approximate surface area is 118 Å². The molecule has 1 aromatic rings. The second kappa shape index (κ2) is 5.57. The van der Waals surface area contributed by atoms with Crippen molar-refractivity contribution in [1.82, 2.24) is 4.90 Å². The Kier molecular flexibility index (Phi) is 3.82. The van der Waals surface area contributed by atoms with Gasteiger partial charge in [-0.05, 0) is 24.1 Å². The molecule has 0 saturated carbocycles. The molecule has 0 radical (unpaired) electrons. The summed E-state index contributed by atoms with van der Waals surface area (Å²) in [6.07, 6.45) is 1.96. The van der Waals surface area contributed by atoms with Gasteiger partial charge in [-0.3, -0.25) is 4.90 Å². The molecule has 2 heterocycles. The van der Waals surface area contributed by atoms with E-state index < -0.39 is 0 Å². The number of fused-ring (bicyclic) bond motifs is 1. The average molecular weight is 283 g/mol. The highest BCUT2D eigenvalue weighted by molar-refractivity contribution is 6.32. The van der Waals surface area contributed by atoms with Crippen LogP contribution in [0.5, 0.6) is 11.5 Å². The second-order valence-corrected chi connectivity index (χ2v) is 5.65. The first-order valence-corrected chi connectivity index (χ1v) is 7.16. The van der Waals surface area contributed by atoms with Crippen LogP contribution >= 0.6 is 11.6 Å². The van der Waals surface area contributed by atoms with Crippen molar-refractivity contribution in [3.05, 3.63) is 22.7 Å². The molecule has 19 heavy (non-hydrogen) atoms. The van der Waals surface area contributed by atoms with Crippen LogP contribution in [0.2, 0.25) is 5.02 Å². The van der Waals surface area contributed by atoms with Crippen molar-refractivity contribution in [2.45, 2.75) is 25.4 Å². The van der Waals surface area contributed by atoms with E-state index in [4.69, 9.17) is 26.8 Å². The summed E-state index contributed by atoms with van der Waals surface area (Å²) in [7, 11) is 0. The molecule has 0 spiro atoms. The highest BCUT2D eigenvalue weighted by atomic mass is 35.5. The van der Waals surface area contributed by atoms with Crippen LogP contribution in [-0.4, -0.2) is 37.2 Å². The van der Waals surface area contributed by atoms with E-state index in [2.05, 4.69) is 4.90 Å². The summed E-state index contributed by atoms with van der Waals surface area (Å²) in [6, 6.07) is 4.31. The van der Waals surface area contributed by atoms with Gasteiger partial charge in [0.1, 0.15) is 0 Å². The Morgan fingerprint density at radius 2 is 2.16 bits per heavy atom. The van der Waals surface area contributed by atoms with E-state index in [0.29, 0.717) is 30.0 Å². The zero-order valence-corrected chi connectivity index (χ0v) is 11.7. The van der Waals surface area contributed by atoms with Gasteiger partial charge >= 0.3 is 0 Å². The van der Waals surface area contributed by atoms with Crippen molar-refractivity contribution in [3.63, 3.8) is 0 Å². The van der Waals surface area contributed by atoms with E-state index >= 15 is 0 Å². The summed E-state index contributed by atoms with van der Waals surface area (Å²) < 4.78 is 11.3. The molecule has 5 heteroatoms. The number of nitrogens with two attached hydrogens (primary N) is 1. The number of rotatable bonds is 2. The first kappa shape index (κ1) is 13.0. The third-order valence-electron chi connectivity index (χ3n) is 3.58. The highest BCUT2D eigenvalue weighted by Crippen LogP contribution is 2.38. The van der Waals surface area contributed by atoms with Crippen molar-refractivity contribution in [3.8, 4) is 11.5 Å². The van der Waals surface area contributed by atoms with E-state index in [1.807, 2.05) is 12.1 Å². The Morgan fingerprint density at radius 1 is 1.32 bits per heavy atom. The summed E-state index contributed by atoms with van der Waals surface area (Å²) in [5.74, 6) is 1.45. The fourth-order valence-electron chi connectivity index (χ4n) is 2.64. The summed E-state index contributed by atoms with van der Waals surface area (Å²) in [5.41, 5.74) is 7.08. The van der Waals surface area contributed by atoms with Gasteiger partial charge < -0.3 is 15.2 Å². The van der Waals surface area contributed by atoms with Gasteiger partial charge in [-0.2, -0.15) is 0 Å². The molecule has 1 fully saturated rings. The molecule has 2 N–H and O–H groups in total. The molecule has 1 aromatic carbocycles. The molecule has 2 aliphatic heterocycles. The van der Waals surface area contributed by atoms with E-state index in [1.54, 1.807) is 0 Å². The van der Waals surface area contributed by atoms with Crippen LogP contribution in [0.15, 0.2) is 12.1 Å². The molecule has 2 aliphatic rings. The highest BCUT2D eigenvalue weighted by Gasteiger charge is 2.21. The van der Waals surface area contributed by atoms with Crippen LogP contribution in [-0.2, 0) is 6.54 Å². The molecule has 4 nitrogen and oxygen atoms in total. The number of nitrogens with zero attached hydrogens (tertiary/aromatic N) is 1. The van der Waals surface area contributed by atoms with Crippen molar-refractivity contribution >= 4 is 11.6 Å². The quantitative estimate of drug-likeness (QED) is 0.902. The third-order valence-corrected chi connectivity index (χ3v) is 3.86. The number of ether oxygens (including phenoxy) is 2. The van der Waals surface area contributed by atoms with Crippen LogP contribution in [0.1, 0.15) is 18.4 Å². The Hall–Kier alpha value is -0.970. The van der Waals surface area contributed by atoms with Crippen molar-refractivity contribution in [2.24, 2.45) is 5.73 Å². The lowest BCUT2D eigenvalue weighted by Gasteiger charge is -2.17. The Balaban J connectivity index is 1.79. The van der Waals surface area contributed by atoms with Crippen molar-refractivity contribution in [2.75, 3.05) is 26.3 Å². The number of hydrogen-bond donors (Lipinski definition) is 1. The smallest absolute Gasteiger partial charge is 0.179 e. The minimum Gasteiger partial charge on any atom is -0.489 e. The lowest BCUT2D eigenvalue weighted by Crippen LogP contribution is -2.26. The van der Waals surface area contributed by atoms with Crippen LogP contribution < -0.4 is 15.2 Å². The minimum absolute atomic E-state index is 0.302. The van der Waals surface area contributed by atoms with Crippen LogP contribution in [0.3, 0.4) is 0 Å². The largest absolute Gasteiger partial charge is 0.489 e. The maximum absolute atomic E-state index is 6.29. The van der Waals surface area contributed by atoms with Crippen LogP contribution in [0, 0.1) is 0 Å². The number of hydrogen-bond acceptors (Lipinski definition) is 4. The first-order chi connectivity index (χ1) is 9.22. The molecular weight excluding hydrogens is 264 g/mol. The molecule has 1 saturated heterocycles. The predicted octanol–water partition coefficient (Wildman–Crippen LogP) is 2.03. The van der Waals surface area contributed by atoms with Gasteiger partial charge in [-0.1, -0.05) is 11.6 Å². The summed E-state index contributed by atoms with van der Waals surface area (Å²) >= 11 is 6.29. The van der Waals surface area contributed by atoms with Gasteiger partial charge in [0, 0.05) is 32.1 Å². The second-order valence-electron chi connectivity index (χ2n) is 5.24. The lowest BCUT2D eigenvalue weighted by molar-refractivity contribution is 0.296. The fourth-order valence-corrected chi connectivity index (χ4v) is 2.93. The van der Waals surface area contributed by atoms with Gasteiger partial charge in [0.15, 0.2) is 11.5 Å². The molecule has 0 aromatic heterocycles. The van der Waals surface area contributed by atoms with Gasteiger partial charge in [0.2, 0.25) is 0 Å². The minimum atomic E-state index is 0.302. The predicted molar refractivity (Wildman–Crippen MR) is 74.9 cm³/mol. The van der Waals surface area contributed by atoms with Gasteiger partial charge in [0.05, 0.1) is 18.2 Å². The van der Waals surface area contributed by atoms with E-state index in [1.165, 1.54) is 0 Å². The maximum atomic E-state index is 6.29. The zero-order valence-electron chi connectivity index (χ0n) is 10.9. The van der Waals surface area contributed by atoms with E-state index in [9.17, 15) is 0 Å². The SMILES string of the molecule is N[C@@H]1CCN(Cc2cc(Cl)c3c(c2)OCCCO3)C1. The molecule has 104 valence electrons. The fraction of sp³-hybridized carbons (Fsp3) is 0.571. The van der Waals surface area contributed by atoms with Crippen LogP contribution in [0.4, 0.5) is 0 Å². The first-order valence-electron chi connectivity index (χ1n) is 6.78. The summed E-state index contributed by atoms with van der Waals surface area (Å²) in [6.45, 7) is 4.21. The zero-order chi connectivity index (χ0) is 13.2. The molecular formula is C14H19ClN2O2. The van der Waals surface area contributed by atoms with E-state index in [-0.39, 0.29) is 0 Å². The molecule has 0 unspecified atom stereocenters. The summed E-state index contributed by atoms with van der Waals surface area (Å²) in [4.78, 5) is 2.35. The normalized spacial score (nSPS) is 23.4. The average Bonchev–Trinajstić information content (AvgIpc) is 2.64. The monoisotopic (exact) mass is 282 g/mol. The molecule has 3 rings (SSSR count). The van der Waals surface area contributed by atoms with Crippen molar-refractivity contribution in [1.29, 1.82) is 0 Å². The number of benzene rings is 1. The van der Waals surface area contributed by atoms with E-state index in [0.717, 1.165) is 43.8 Å². The third kappa shape index (κ3) is 2.96. The van der Waals surface area contributed by atoms with Gasteiger partial charge in [-0.15, -0.1) is 0 Å². The number of halogens is 1.